The van der Waals surface area contributed by atoms with Crippen LogP contribution in [0.3, 0.4) is 0 Å². The molecule has 0 radical (unpaired) electrons. The monoisotopic (exact) mass is 475 g/mol. The molecule has 1 atom stereocenters. The minimum absolute atomic E-state index is 0.0477. The van der Waals surface area contributed by atoms with Crippen molar-refractivity contribution in [2.75, 3.05) is 16.8 Å². The summed E-state index contributed by atoms with van der Waals surface area (Å²) in [5.41, 5.74) is 2.16. The maximum Gasteiger partial charge on any atom is 0.338 e. The molecule has 1 aliphatic heterocycles. The average molecular weight is 476 g/mol. The molecule has 1 N–H and O–H groups in total. The number of imide groups is 1. The van der Waals surface area contributed by atoms with E-state index in [0.717, 1.165) is 10.5 Å². The van der Waals surface area contributed by atoms with Gasteiger partial charge in [0.1, 0.15) is 11.8 Å². The smallest absolute Gasteiger partial charge is 0.338 e. The van der Waals surface area contributed by atoms with E-state index in [4.69, 9.17) is 9.15 Å². The van der Waals surface area contributed by atoms with E-state index >= 15 is 0 Å². The van der Waals surface area contributed by atoms with Gasteiger partial charge in [-0.1, -0.05) is 12.1 Å². The Hall–Kier alpha value is -4.40. The number of rotatable bonds is 8. The van der Waals surface area contributed by atoms with E-state index in [-0.39, 0.29) is 19.6 Å². The maximum atomic E-state index is 13.3. The number of urea groups is 1. The maximum absolute atomic E-state index is 13.3. The number of furan rings is 1. The fraction of sp³-hybridized carbons (Fsp3) is 0.231. The molecule has 1 saturated heterocycles. The minimum Gasteiger partial charge on any atom is -0.467 e. The average Bonchev–Trinajstić information content (AvgIpc) is 3.42. The summed E-state index contributed by atoms with van der Waals surface area (Å²) in [5.74, 6) is -0.891. The summed E-state index contributed by atoms with van der Waals surface area (Å²) >= 11 is 0. The predicted octanol–water partition coefficient (Wildman–Crippen LogP) is 4.13. The number of anilines is 2. The van der Waals surface area contributed by atoms with Gasteiger partial charge in [0.25, 0.3) is 5.91 Å². The van der Waals surface area contributed by atoms with Gasteiger partial charge in [-0.2, -0.15) is 0 Å². The lowest BCUT2D eigenvalue weighted by Crippen LogP contribution is -2.37. The molecule has 9 nitrogen and oxygen atoms in total. The number of amides is 4. The highest BCUT2D eigenvalue weighted by molar-refractivity contribution is 6.22. The summed E-state index contributed by atoms with van der Waals surface area (Å²) in [5, 5.41) is 2.72. The number of nitrogens with one attached hydrogen (secondary N) is 1. The molecule has 35 heavy (non-hydrogen) atoms. The highest BCUT2D eigenvalue weighted by atomic mass is 16.5. The van der Waals surface area contributed by atoms with Crippen LogP contribution in [0.15, 0.2) is 71.3 Å². The molecule has 0 spiro atoms. The summed E-state index contributed by atoms with van der Waals surface area (Å²) in [6.45, 7) is 3.90. The van der Waals surface area contributed by atoms with Gasteiger partial charge in [-0.05, 0) is 67.9 Å². The van der Waals surface area contributed by atoms with E-state index in [2.05, 4.69) is 5.32 Å². The normalized spacial score (nSPS) is 15.4. The lowest BCUT2D eigenvalue weighted by atomic mass is 10.1. The Bertz CT molecular complexity index is 1240. The van der Waals surface area contributed by atoms with Gasteiger partial charge in [0.2, 0.25) is 5.91 Å². The number of carbonyl (C=O) groups excluding carboxylic acids is 4. The molecule has 0 saturated carbocycles. The molecule has 1 fully saturated rings. The van der Waals surface area contributed by atoms with Gasteiger partial charge >= 0.3 is 12.0 Å². The van der Waals surface area contributed by atoms with Gasteiger partial charge in [-0.15, -0.1) is 0 Å². The van der Waals surface area contributed by atoms with E-state index in [1.54, 1.807) is 61.5 Å². The van der Waals surface area contributed by atoms with Crippen LogP contribution >= 0.6 is 0 Å². The molecule has 0 bridgehead atoms. The zero-order valence-electron chi connectivity index (χ0n) is 19.4. The zero-order chi connectivity index (χ0) is 24.9. The van der Waals surface area contributed by atoms with E-state index in [1.807, 2.05) is 13.0 Å². The van der Waals surface area contributed by atoms with Crippen LogP contribution in [0, 0.1) is 6.92 Å². The Labute approximate surface area is 202 Å². The quantitative estimate of drug-likeness (QED) is 0.388. The third-order valence-electron chi connectivity index (χ3n) is 5.54. The van der Waals surface area contributed by atoms with Crippen LogP contribution in [0.5, 0.6) is 0 Å². The van der Waals surface area contributed by atoms with Crippen molar-refractivity contribution < 1.29 is 28.3 Å². The third-order valence-corrected chi connectivity index (χ3v) is 5.54. The molecular formula is C26H25N3O6. The van der Waals surface area contributed by atoms with E-state index in [1.165, 1.54) is 11.2 Å². The Morgan fingerprint density at radius 1 is 1.06 bits per heavy atom. The van der Waals surface area contributed by atoms with Gasteiger partial charge in [0.15, 0.2) is 0 Å². The molecule has 4 amide bonds. The highest BCUT2D eigenvalue weighted by Gasteiger charge is 2.47. The highest BCUT2D eigenvalue weighted by Crippen LogP contribution is 2.29. The third kappa shape index (κ3) is 5.24. The van der Waals surface area contributed by atoms with Crippen molar-refractivity contribution in [2.45, 2.75) is 32.9 Å². The van der Waals surface area contributed by atoms with Crippen LogP contribution in [0.4, 0.5) is 16.2 Å². The Morgan fingerprint density at radius 2 is 1.83 bits per heavy atom. The van der Waals surface area contributed by atoms with Gasteiger partial charge in [0.05, 0.1) is 37.1 Å². The summed E-state index contributed by atoms with van der Waals surface area (Å²) in [6.07, 6.45) is 1.24. The lowest BCUT2D eigenvalue weighted by Gasteiger charge is -2.20. The first-order chi connectivity index (χ1) is 16.9. The van der Waals surface area contributed by atoms with Crippen LogP contribution in [0.2, 0.25) is 0 Å². The van der Waals surface area contributed by atoms with Crippen LogP contribution in [0.25, 0.3) is 0 Å². The Kier molecular flexibility index (Phi) is 6.96. The van der Waals surface area contributed by atoms with Crippen molar-refractivity contribution in [1.82, 2.24) is 4.90 Å². The number of esters is 1. The van der Waals surface area contributed by atoms with Crippen molar-refractivity contribution in [1.29, 1.82) is 0 Å². The minimum atomic E-state index is -1.01. The second-order valence-electron chi connectivity index (χ2n) is 8.07. The molecule has 1 aromatic heterocycles. The zero-order valence-corrected chi connectivity index (χ0v) is 19.4. The topological polar surface area (TPSA) is 109 Å². The molecule has 2 aromatic carbocycles. The molecule has 4 rings (SSSR count). The molecule has 180 valence electrons. The standard InChI is InChI=1S/C26H25N3O6/c1-3-34-25(32)18-9-11-19(12-10-18)27-23(30)15-22-24(31)29(20-7-4-6-17(2)14-20)26(33)28(22)16-21-8-5-13-35-21/h4-14,22H,3,15-16H2,1-2H3,(H,27,30)/t22-/m0/s1. The summed E-state index contributed by atoms with van der Waals surface area (Å²) < 4.78 is 10.3. The predicted molar refractivity (Wildman–Crippen MR) is 128 cm³/mol. The number of hydrogen-bond donors (Lipinski definition) is 1. The van der Waals surface area contributed by atoms with Gasteiger partial charge in [-0.3, -0.25) is 9.59 Å². The largest absolute Gasteiger partial charge is 0.467 e. The lowest BCUT2D eigenvalue weighted by molar-refractivity contribution is -0.124. The van der Waals surface area contributed by atoms with Crippen LogP contribution < -0.4 is 10.2 Å². The molecular weight excluding hydrogens is 450 g/mol. The number of aryl methyl sites for hydroxylation is 1. The SMILES string of the molecule is CCOC(=O)c1ccc(NC(=O)C[C@H]2C(=O)N(c3cccc(C)c3)C(=O)N2Cc2ccco2)cc1. The van der Waals surface area contributed by atoms with Crippen LogP contribution in [0.1, 0.15) is 35.0 Å². The molecule has 0 unspecified atom stereocenters. The van der Waals surface area contributed by atoms with E-state index in [0.29, 0.717) is 22.7 Å². The first kappa shape index (κ1) is 23.7. The van der Waals surface area contributed by atoms with Crippen molar-refractivity contribution in [2.24, 2.45) is 0 Å². The fourth-order valence-corrected chi connectivity index (χ4v) is 3.88. The van der Waals surface area contributed by atoms with Crippen molar-refractivity contribution in [3.05, 3.63) is 83.8 Å². The summed E-state index contributed by atoms with van der Waals surface area (Å²) in [4.78, 5) is 53.7. The first-order valence-electron chi connectivity index (χ1n) is 11.2. The Balaban J connectivity index is 1.52. The molecule has 9 heteroatoms. The molecule has 1 aliphatic rings. The van der Waals surface area contributed by atoms with Crippen molar-refractivity contribution >= 4 is 35.2 Å². The van der Waals surface area contributed by atoms with Crippen molar-refractivity contribution in [3.8, 4) is 0 Å². The summed E-state index contributed by atoms with van der Waals surface area (Å²) in [7, 11) is 0. The van der Waals surface area contributed by atoms with Crippen LogP contribution in [-0.4, -0.2) is 41.4 Å². The number of ether oxygens (including phenoxy) is 1. The van der Waals surface area contributed by atoms with Gasteiger partial charge in [-0.25, -0.2) is 14.5 Å². The van der Waals surface area contributed by atoms with Crippen LogP contribution in [-0.2, 0) is 20.9 Å². The summed E-state index contributed by atoms with van der Waals surface area (Å²) in [6, 6.07) is 15.2. The second kappa shape index (κ2) is 10.3. The first-order valence-corrected chi connectivity index (χ1v) is 11.2. The number of nitrogens with zero attached hydrogens (tertiary/aromatic N) is 2. The van der Waals surface area contributed by atoms with E-state index < -0.39 is 29.9 Å². The fourth-order valence-electron chi connectivity index (χ4n) is 3.88. The molecule has 3 aromatic rings. The number of benzene rings is 2. The number of carbonyl (C=O) groups is 4. The number of hydrogen-bond acceptors (Lipinski definition) is 6. The second-order valence-corrected chi connectivity index (χ2v) is 8.07. The van der Waals surface area contributed by atoms with Gasteiger partial charge in [0, 0.05) is 5.69 Å². The molecule has 2 heterocycles. The van der Waals surface area contributed by atoms with Crippen molar-refractivity contribution in [3.63, 3.8) is 0 Å². The van der Waals surface area contributed by atoms with Gasteiger partial charge < -0.3 is 19.4 Å². The molecule has 0 aliphatic carbocycles. The van der Waals surface area contributed by atoms with E-state index in [9.17, 15) is 19.2 Å². The Morgan fingerprint density at radius 3 is 2.49 bits per heavy atom.